The molecule has 0 aliphatic heterocycles. The van der Waals surface area contributed by atoms with Gasteiger partial charge < -0.3 is 4.98 Å². The highest BCUT2D eigenvalue weighted by Gasteiger charge is 2.02. The van der Waals surface area contributed by atoms with Crippen molar-refractivity contribution >= 4 is 22.1 Å². The largest absolute Gasteiger partial charge is 0.357 e. The van der Waals surface area contributed by atoms with Gasteiger partial charge in [0.15, 0.2) is 5.65 Å². The number of rotatable bonds is 0. The maximum absolute atomic E-state index is 4.27. The molecule has 3 aromatic heterocycles. The molecule has 0 radical (unpaired) electrons. The highest BCUT2D eigenvalue weighted by Crippen LogP contribution is 2.17. The summed E-state index contributed by atoms with van der Waals surface area (Å²) in [6.07, 6.45) is 7.00. The van der Waals surface area contributed by atoms with Crippen molar-refractivity contribution < 1.29 is 0 Å². The number of nitrogens with zero attached hydrogens (tertiary/aromatic N) is 3. The van der Waals surface area contributed by atoms with Crippen molar-refractivity contribution in [2.75, 3.05) is 0 Å². The zero-order valence-corrected chi connectivity index (χ0v) is 6.73. The lowest BCUT2D eigenvalue weighted by molar-refractivity contribution is 1.26. The van der Waals surface area contributed by atoms with Gasteiger partial charge in [-0.15, -0.1) is 0 Å². The van der Waals surface area contributed by atoms with E-state index in [2.05, 4.69) is 19.9 Å². The van der Waals surface area contributed by atoms with Crippen LogP contribution in [0.4, 0.5) is 0 Å². The van der Waals surface area contributed by atoms with Crippen LogP contribution in [0.3, 0.4) is 0 Å². The molecular weight excluding hydrogens is 164 g/mol. The van der Waals surface area contributed by atoms with Crippen molar-refractivity contribution in [2.45, 2.75) is 0 Å². The third-order valence-electron chi connectivity index (χ3n) is 2.02. The summed E-state index contributed by atoms with van der Waals surface area (Å²) in [5.41, 5.74) is 2.60. The Labute approximate surface area is 73.7 Å². The smallest absolute Gasteiger partial charge is 0.161 e. The third kappa shape index (κ3) is 0.823. The van der Waals surface area contributed by atoms with Gasteiger partial charge in [-0.05, 0) is 6.07 Å². The average molecular weight is 170 g/mol. The van der Waals surface area contributed by atoms with Gasteiger partial charge in [-0.3, -0.25) is 4.98 Å². The number of fused-ring (bicyclic) bond motifs is 3. The highest BCUT2D eigenvalue weighted by molar-refractivity contribution is 5.99. The first-order chi connectivity index (χ1) is 6.45. The van der Waals surface area contributed by atoms with E-state index in [0.29, 0.717) is 0 Å². The van der Waals surface area contributed by atoms with Crippen LogP contribution < -0.4 is 0 Å². The molecule has 13 heavy (non-hydrogen) atoms. The lowest BCUT2D eigenvalue weighted by Gasteiger charge is -1.96. The van der Waals surface area contributed by atoms with Gasteiger partial charge in [0.1, 0.15) is 0 Å². The SMILES string of the molecule is c1cc2c(n1)ncc1[nH]ccnc12. The van der Waals surface area contributed by atoms with Gasteiger partial charge in [-0.2, -0.15) is 0 Å². The standard InChI is InChI=1S/C9H6N4/c1-2-12-9-6(1)8-7(5-13-9)10-3-4-11-8/h1-5,10H. The second-order valence-electron chi connectivity index (χ2n) is 2.79. The van der Waals surface area contributed by atoms with Crippen LogP contribution in [0.15, 0.2) is 30.9 Å². The molecule has 0 aliphatic carbocycles. The number of hydrogen-bond acceptors (Lipinski definition) is 3. The van der Waals surface area contributed by atoms with Crippen molar-refractivity contribution in [3.05, 3.63) is 30.9 Å². The topological polar surface area (TPSA) is 54.5 Å². The molecule has 4 heteroatoms. The molecule has 62 valence electrons. The summed E-state index contributed by atoms with van der Waals surface area (Å²) in [5.74, 6) is 0. The number of aromatic nitrogens is 4. The molecule has 0 atom stereocenters. The van der Waals surface area contributed by atoms with Crippen molar-refractivity contribution in [1.29, 1.82) is 0 Å². The van der Waals surface area contributed by atoms with Gasteiger partial charge >= 0.3 is 0 Å². The Kier molecular flexibility index (Phi) is 1.14. The Morgan fingerprint density at radius 3 is 3.08 bits per heavy atom. The molecule has 0 spiro atoms. The number of hydrogen-bond donors (Lipinski definition) is 1. The number of nitrogens with one attached hydrogen (secondary N) is 1. The van der Waals surface area contributed by atoms with Crippen LogP contribution in [0.5, 0.6) is 0 Å². The van der Waals surface area contributed by atoms with Crippen molar-refractivity contribution in [3.63, 3.8) is 0 Å². The van der Waals surface area contributed by atoms with Gasteiger partial charge in [0, 0.05) is 24.0 Å². The van der Waals surface area contributed by atoms with E-state index < -0.39 is 0 Å². The van der Waals surface area contributed by atoms with Gasteiger partial charge in [-0.1, -0.05) is 0 Å². The van der Waals surface area contributed by atoms with Crippen molar-refractivity contribution in [1.82, 2.24) is 19.9 Å². The van der Waals surface area contributed by atoms with Crippen LogP contribution in [0, 0.1) is 0 Å². The Hall–Kier alpha value is -1.97. The number of pyridine rings is 1. The Morgan fingerprint density at radius 1 is 1.08 bits per heavy atom. The Morgan fingerprint density at radius 2 is 2.08 bits per heavy atom. The van der Waals surface area contributed by atoms with Crippen molar-refractivity contribution in [2.24, 2.45) is 0 Å². The summed E-state index contributed by atoms with van der Waals surface area (Å²) in [5, 5.41) is 0.995. The van der Waals surface area contributed by atoms with Crippen LogP contribution >= 0.6 is 0 Å². The summed E-state index contributed by atoms with van der Waals surface area (Å²) in [4.78, 5) is 15.6. The molecule has 1 N–H and O–H groups in total. The molecule has 3 heterocycles. The lowest BCUT2D eigenvalue weighted by atomic mass is 10.3. The second kappa shape index (κ2) is 2.26. The van der Waals surface area contributed by atoms with E-state index >= 15 is 0 Å². The molecule has 0 aliphatic rings. The summed E-state index contributed by atoms with van der Waals surface area (Å²) < 4.78 is 0. The first kappa shape index (κ1) is 6.54. The molecule has 0 saturated carbocycles. The fourth-order valence-corrected chi connectivity index (χ4v) is 1.43. The van der Waals surface area contributed by atoms with Crippen molar-refractivity contribution in [3.8, 4) is 0 Å². The fourth-order valence-electron chi connectivity index (χ4n) is 1.43. The average Bonchev–Trinajstić information content (AvgIpc) is 2.65. The molecule has 3 rings (SSSR count). The maximum atomic E-state index is 4.27. The van der Waals surface area contributed by atoms with Crippen LogP contribution in [-0.2, 0) is 0 Å². The minimum atomic E-state index is 0.750. The van der Waals surface area contributed by atoms with Gasteiger partial charge in [0.05, 0.1) is 17.2 Å². The molecule has 3 aromatic rings. The summed E-state index contributed by atoms with van der Waals surface area (Å²) in [6.45, 7) is 0. The zero-order valence-electron chi connectivity index (χ0n) is 6.73. The molecular formula is C9H6N4. The molecule has 0 fully saturated rings. The van der Waals surface area contributed by atoms with Gasteiger partial charge in [-0.25, -0.2) is 9.97 Å². The summed E-state index contributed by atoms with van der Waals surface area (Å²) >= 11 is 0. The predicted molar refractivity (Wildman–Crippen MR) is 49.2 cm³/mol. The number of aromatic amines is 1. The number of H-pyrrole nitrogens is 1. The first-order valence-corrected chi connectivity index (χ1v) is 3.98. The zero-order chi connectivity index (χ0) is 8.67. The quantitative estimate of drug-likeness (QED) is 0.556. The van der Waals surface area contributed by atoms with E-state index in [4.69, 9.17) is 0 Å². The summed E-state index contributed by atoms with van der Waals surface area (Å²) in [6, 6.07) is 1.92. The molecule has 0 amide bonds. The van der Waals surface area contributed by atoms with Crippen LogP contribution in [0.1, 0.15) is 0 Å². The monoisotopic (exact) mass is 170 g/mol. The molecule has 0 bridgehead atoms. The van der Waals surface area contributed by atoms with Gasteiger partial charge in [0.25, 0.3) is 0 Å². The minimum absolute atomic E-state index is 0.750. The molecule has 4 nitrogen and oxygen atoms in total. The summed E-state index contributed by atoms with van der Waals surface area (Å²) in [7, 11) is 0. The normalized spacial score (nSPS) is 11.1. The molecule has 0 unspecified atom stereocenters. The van der Waals surface area contributed by atoms with Gasteiger partial charge in [0.2, 0.25) is 0 Å². The molecule has 0 aromatic carbocycles. The fraction of sp³-hybridized carbons (Fsp3) is 0. The highest BCUT2D eigenvalue weighted by atomic mass is 14.9. The van der Waals surface area contributed by atoms with Crippen LogP contribution in [-0.4, -0.2) is 19.9 Å². The van der Waals surface area contributed by atoms with E-state index in [1.807, 2.05) is 6.07 Å². The lowest BCUT2D eigenvalue weighted by Crippen LogP contribution is -1.84. The Balaban J connectivity index is 2.65. The van der Waals surface area contributed by atoms with E-state index in [1.54, 1.807) is 24.8 Å². The second-order valence-corrected chi connectivity index (χ2v) is 2.79. The van der Waals surface area contributed by atoms with Crippen LogP contribution in [0.25, 0.3) is 22.1 Å². The van der Waals surface area contributed by atoms with E-state index in [-0.39, 0.29) is 0 Å². The molecule has 0 saturated heterocycles. The van der Waals surface area contributed by atoms with E-state index in [9.17, 15) is 0 Å². The van der Waals surface area contributed by atoms with Crippen LogP contribution in [0.2, 0.25) is 0 Å². The predicted octanol–water partition coefficient (Wildman–Crippen LogP) is 1.51. The minimum Gasteiger partial charge on any atom is -0.357 e. The third-order valence-corrected chi connectivity index (χ3v) is 2.02. The van der Waals surface area contributed by atoms with E-state index in [0.717, 1.165) is 22.1 Å². The van der Waals surface area contributed by atoms with E-state index in [1.165, 1.54) is 0 Å². The Bertz CT molecular complexity index is 570. The maximum Gasteiger partial charge on any atom is 0.161 e. The first-order valence-electron chi connectivity index (χ1n) is 3.98.